The number of aryl methyl sites for hydroxylation is 2. The number of carbonyl (C=O) groups is 2. The summed E-state index contributed by atoms with van der Waals surface area (Å²) in [6, 6.07) is 29.9. The normalized spacial score (nSPS) is 16.1. The van der Waals surface area contributed by atoms with Gasteiger partial charge in [0.15, 0.2) is 23.3 Å². The fourth-order valence-electron chi connectivity index (χ4n) is 10.4. The van der Waals surface area contributed by atoms with Gasteiger partial charge in [-0.05, 0) is 165 Å². The standard InChI is InChI=1S/C34H44N2O5S.C30H36N2O5S/c1-23-18-25(20-26(19-23)33(2,3)4)24-16-17-31(35-21-24)42(38,39)36(8)29-14-10-9-12-28-27(29)13-11-15-30(28)40-22-32(37)41-34(5,6)7;1-20-15-22(17-23(16-20)30(2,3)4)21-13-14-28(31-18-21)38(35,36)32(5)26-11-7-6-9-25-24(26)10-8-12-27(25)37-19-29(33)34/h11,13,15-21,29H,9-10,12,14,22H2,1-8H3;8,10,12-18,26H,6-7,9,11,19H2,1-5H3,(H,33,34). The monoisotopic (exact) mass is 1130 g/mol. The predicted octanol–water partition coefficient (Wildman–Crippen LogP) is 13.1. The summed E-state index contributed by atoms with van der Waals surface area (Å²) in [4.78, 5) is 32.1. The van der Waals surface area contributed by atoms with E-state index in [-0.39, 0.29) is 33.5 Å². The minimum absolute atomic E-state index is 0.00322. The Morgan fingerprint density at radius 2 is 0.975 bits per heavy atom. The lowest BCUT2D eigenvalue weighted by atomic mass is 9.84. The first kappa shape index (κ1) is 61.2. The van der Waals surface area contributed by atoms with Crippen molar-refractivity contribution in [2.24, 2.45) is 0 Å². The van der Waals surface area contributed by atoms with E-state index in [4.69, 9.17) is 19.3 Å². The topological polar surface area (TPSA) is 183 Å². The molecule has 6 aromatic rings. The maximum absolute atomic E-state index is 13.8. The van der Waals surface area contributed by atoms with Gasteiger partial charge in [-0.15, -0.1) is 0 Å². The Bertz CT molecular complexity index is 3410. The second-order valence-electron chi connectivity index (χ2n) is 24.2. The molecule has 80 heavy (non-hydrogen) atoms. The van der Waals surface area contributed by atoms with Crippen LogP contribution >= 0.6 is 0 Å². The molecule has 0 radical (unpaired) electrons. The SMILES string of the molecule is Cc1cc(-c2ccc(S(=O)(=O)N(C)C3CCCCc4c(OCC(=O)O)cccc43)nc2)cc(C(C)(C)C)c1.Cc1cc(-c2ccc(S(=O)(=O)N(C)C3CCCCc4c(OCC(=O)OC(C)(C)C)cccc43)nc2)cc(C(C)(C)C)c1. The fourth-order valence-corrected chi connectivity index (χ4v) is 12.9. The molecule has 0 saturated carbocycles. The summed E-state index contributed by atoms with van der Waals surface area (Å²) in [6.45, 7) is 22.0. The minimum Gasteiger partial charge on any atom is -0.482 e. The van der Waals surface area contributed by atoms with E-state index >= 15 is 0 Å². The number of carboxylic acids is 1. The molecule has 2 heterocycles. The lowest BCUT2D eigenvalue weighted by Crippen LogP contribution is -2.32. The smallest absolute Gasteiger partial charge is 0.344 e. The summed E-state index contributed by atoms with van der Waals surface area (Å²) in [5.41, 5.74) is 11.4. The van der Waals surface area contributed by atoms with Gasteiger partial charge in [-0.2, -0.15) is 8.61 Å². The Morgan fingerprint density at radius 1 is 0.562 bits per heavy atom. The Hall–Kier alpha value is -6.46. The summed E-state index contributed by atoms with van der Waals surface area (Å²) in [6.07, 6.45) is 9.51. The molecule has 16 heteroatoms. The fraction of sp³-hybridized carbons (Fsp3) is 0.438. The van der Waals surface area contributed by atoms with Gasteiger partial charge in [-0.25, -0.2) is 36.4 Å². The van der Waals surface area contributed by atoms with E-state index in [2.05, 4.69) is 102 Å². The highest BCUT2D eigenvalue weighted by molar-refractivity contribution is 7.89. The lowest BCUT2D eigenvalue weighted by Gasteiger charge is -2.28. The van der Waals surface area contributed by atoms with Gasteiger partial charge in [-0.3, -0.25) is 0 Å². The van der Waals surface area contributed by atoms with Crippen molar-refractivity contribution in [3.05, 3.63) is 154 Å². The maximum Gasteiger partial charge on any atom is 0.344 e. The second-order valence-corrected chi connectivity index (χ2v) is 28.1. The Labute approximate surface area is 475 Å². The predicted molar refractivity (Wildman–Crippen MR) is 314 cm³/mol. The largest absolute Gasteiger partial charge is 0.482 e. The number of sulfonamides is 2. The van der Waals surface area contributed by atoms with Gasteiger partial charge >= 0.3 is 11.9 Å². The zero-order valence-corrected chi connectivity index (χ0v) is 50.5. The van der Waals surface area contributed by atoms with Crippen LogP contribution in [0.4, 0.5) is 0 Å². The molecule has 0 fully saturated rings. The number of fused-ring (bicyclic) bond motifs is 2. The Kier molecular flexibility index (Phi) is 18.9. The zero-order chi connectivity index (χ0) is 58.5. The Balaban J connectivity index is 0.000000232. The van der Waals surface area contributed by atoms with Crippen molar-refractivity contribution in [3.63, 3.8) is 0 Å². The van der Waals surface area contributed by atoms with E-state index < -0.39 is 50.2 Å². The third-order valence-electron chi connectivity index (χ3n) is 14.7. The second kappa shape index (κ2) is 24.7. The van der Waals surface area contributed by atoms with Crippen LogP contribution in [0.3, 0.4) is 0 Å². The number of esters is 1. The van der Waals surface area contributed by atoms with Crippen molar-refractivity contribution in [2.45, 2.75) is 166 Å². The number of hydrogen-bond donors (Lipinski definition) is 1. The van der Waals surface area contributed by atoms with E-state index in [1.54, 1.807) is 50.8 Å². The molecular formula is C64H80N4O10S2. The highest BCUT2D eigenvalue weighted by Crippen LogP contribution is 2.41. The van der Waals surface area contributed by atoms with Gasteiger partial charge in [-0.1, -0.05) is 126 Å². The number of nitrogens with zero attached hydrogens (tertiary/aromatic N) is 4. The molecule has 0 aliphatic heterocycles. The van der Waals surface area contributed by atoms with Crippen LogP contribution in [0.25, 0.3) is 22.3 Å². The molecule has 2 unspecified atom stereocenters. The molecule has 0 bridgehead atoms. The molecule has 2 aromatic heterocycles. The number of aliphatic carboxylic acids is 1. The highest BCUT2D eigenvalue weighted by atomic mass is 32.2. The Morgan fingerprint density at radius 3 is 1.34 bits per heavy atom. The molecule has 8 rings (SSSR count). The van der Waals surface area contributed by atoms with Crippen LogP contribution < -0.4 is 9.47 Å². The van der Waals surface area contributed by atoms with E-state index in [1.807, 2.05) is 57.2 Å². The van der Waals surface area contributed by atoms with Crippen molar-refractivity contribution < 1.29 is 45.7 Å². The zero-order valence-electron chi connectivity index (χ0n) is 48.8. The van der Waals surface area contributed by atoms with Gasteiger partial charge in [0, 0.05) is 37.6 Å². The van der Waals surface area contributed by atoms with Crippen molar-refractivity contribution >= 4 is 32.0 Å². The molecule has 2 aliphatic rings. The summed E-state index contributed by atoms with van der Waals surface area (Å²) in [5, 5.41) is 9.05. The molecule has 2 atom stereocenters. The number of carbonyl (C=O) groups excluding carboxylic acids is 1. The summed E-state index contributed by atoms with van der Waals surface area (Å²) < 4.78 is 74.7. The number of ether oxygens (including phenoxy) is 3. The van der Waals surface area contributed by atoms with Crippen LogP contribution in [-0.4, -0.2) is 85.4 Å². The van der Waals surface area contributed by atoms with E-state index in [1.165, 1.54) is 19.7 Å². The average Bonchev–Trinajstić information content (AvgIpc) is 3.88. The number of rotatable bonds is 14. The van der Waals surface area contributed by atoms with Crippen molar-refractivity contribution in [2.75, 3.05) is 27.3 Å². The maximum atomic E-state index is 13.8. The summed E-state index contributed by atoms with van der Waals surface area (Å²) in [7, 11) is -4.57. The summed E-state index contributed by atoms with van der Waals surface area (Å²) >= 11 is 0. The average molecular weight is 1130 g/mol. The van der Waals surface area contributed by atoms with Crippen LogP contribution in [0, 0.1) is 13.8 Å². The van der Waals surface area contributed by atoms with E-state index in [9.17, 15) is 26.4 Å². The van der Waals surface area contributed by atoms with Gasteiger partial charge < -0.3 is 19.3 Å². The number of aromatic nitrogens is 2. The van der Waals surface area contributed by atoms with Gasteiger partial charge in [0.2, 0.25) is 0 Å². The van der Waals surface area contributed by atoms with Crippen molar-refractivity contribution in [3.8, 4) is 33.8 Å². The molecule has 1 N–H and O–H groups in total. The molecule has 4 aromatic carbocycles. The number of benzene rings is 4. The molecule has 0 saturated heterocycles. The van der Waals surface area contributed by atoms with Crippen LogP contribution in [0.1, 0.15) is 157 Å². The van der Waals surface area contributed by atoms with Crippen LogP contribution in [0.2, 0.25) is 0 Å². The van der Waals surface area contributed by atoms with Crippen molar-refractivity contribution in [1.82, 2.24) is 18.6 Å². The highest BCUT2D eigenvalue weighted by Gasteiger charge is 2.35. The van der Waals surface area contributed by atoms with Crippen LogP contribution in [-0.2, 0) is 58.0 Å². The molecule has 2 aliphatic carbocycles. The van der Waals surface area contributed by atoms with Crippen LogP contribution in [0.15, 0.2) is 120 Å². The summed E-state index contributed by atoms with van der Waals surface area (Å²) in [5.74, 6) is -0.411. The lowest BCUT2D eigenvalue weighted by molar-refractivity contribution is -0.157. The van der Waals surface area contributed by atoms with E-state index in [0.29, 0.717) is 30.8 Å². The van der Waals surface area contributed by atoms with Crippen LogP contribution in [0.5, 0.6) is 11.5 Å². The third-order valence-corrected chi connectivity index (χ3v) is 18.2. The number of pyridine rings is 2. The van der Waals surface area contributed by atoms with Gasteiger partial charge in [0.05, 0.1) is 12.1 Å². The number of hydrogen-bond acceptors (Lipinski definition) is 11. The first-order valence-electron chi connectivity index (χ1n) is 27.5. The molecule has 0 spiro atoms. The first-order chi connectivity index (χ1) is 37.4. The molecule has 428 valence electrons. The quantitative estimate of drug-likeness (QED) is 0.0806. The first-order valence-corrected chi connectivity index (χ1v) is 30.4. The van der Waals surface area contributed by atoms with Gasteiger partial charge in [0.1, 0.15) is 17.1 Å². The van der Waals surface area contributed by atoms with Gasteiger partial charge in [0.25, 0.3) is 20.0 Å². The molecule has 0 amide bonds. The van der Waals surface area contributed by atoms with E-state index in [0.717, 1.165) is 87.7 Å². The third kappa shape index (κ3) is 14.9. The number of carboxylic acid groups (broad SMARTS) is 1. The molecular weight excluding hydrogens is 1050 g/mol. The van der Waals surface area contributed by atoms with Crippen molar-refractivity contribution in [1.29, 1.82) is 0 Å². The molecule has 14 nitrogen and oxygen atoms in total. The minimum atomic E-state index is -3.89.